The first-order valence-electron chi connectivity index (χ1n) is 6.14. The van der Waals surface area contributed by atoms with Crippen molar-refractivity contribution in [3.63, 3.8) is 0 Å². The molecule has 2 N–H and O–H groups in total. The highest BCUT2D eigenvalue weighted by molar-refractivity contribution is 5.50. The van der Waals surface area contributed by atoms with Crippen LogP contribution in [-0.2, 0) is 6.18 Å². The molecule has 106 valence electrons. The summed E-state index contributed by atoms with van der Waals surface area (Å²) in [7, 11) is 0. The van der Waals surface area contributed by atoms with Crippen molar-refractivity contribution in [3.05, 3.63) is 29.6 Å². The van der Waals surface area contributed by atoms with Gasteiger partial charge >= 0.3 is 6.18 Å². The van der Waals surface area contributed by atoms with Crippen LogP contribution >= 0.6 is 0 Å². The summed E-state index contributed by atoms with van der Waals surface area (Å²) in [4.78, 5) is 1.72. The molecule has 2 unspecified atom stereocenters. The summed E-state index contributed by atoms with van der Waals surface area (Å²) >= 11 is 0. The maximum atomic E-state index is 13.8. The zero-order valence-electron chi connectivity index (χ0n) is 10.5. The molecule has 1 aromatic rings. The molecule has 1 aliphatic rings. The van der Waals surface area contributed by atoms with E-state index in [0.29, 0.717) is 25.1 Å². The normalized spacial score (nSPS) is 24.6. The molecule has 0 amide bonds. The minimum absolute atomic E-state index is 0.0783. The Morgan fingerprint density at radius 3 is 2.47 bits per heavy atom. The second kappa shape index (κ2) is 5.00. The van der Waals surface area contributed by atoms with Gasteiger partial charge in [-0.1, -0.05) is 6.92 Å². The molecule has 1 aromatic carbocycles. The number of hydrogen-bond donors (Lipinski definition) is 1. The SMILES string of the molecule is CC1CC(N)CN(c2ccc(C(F)(F)F)cc2F)C1. The average molecular weight is 276 g/mol. The third-order valence-electron chi connectivity index (χ3n) is 3.31. The zero-order chi connectivity index (χ0) is 14.2. The number of nitrogens with two attached hydrogens (primary N) is 1. The molecule has 0 spiro atoms. The van der Waals surface area contributed by atoms with Crippen LogP contribution in [0.5, 0.6) is 0 Å². The van der Waals surface area contributed by atoms with Crippen molar-refractivity contribution in [2.24, 2.45) is 11.7 Å². The predicted molar refractivity (Wildman–Crippen MR) is 65.4 cm³/mol. The van der Waals surface area contributed by atoms with Gasteiger partial charge in [-0.25, -0.2) is 4.39 Å². The quantitative estimate of drug-likeness (QED) is 0.799. The van der Waals surface area contributed by atoms with Crippen molar-refractivity contribution in [3.8, 4) is 0 Å². The molecule has 0 radical (unpaired) electrons. The molecule has 0 aromatic heterocycles. The highest BCUT2D eigenvalue weighted by Crippen LogP contribution is 2.33. The Hall–Kier alpha value is -1.30. The van der Waals surface area contributed by atoms with E-state index in [-0.39, 0.29) is 11.7 Å². The molecule has 1 fully saturated rings. The highest BCUT2D eigenvalue weighted by Gasteiger charge is 2.32. The van der Waals surface area contributed by atoms with Gasteiger partial charge in [0.2, 0.25) is 0 Å². The van der Waals surface area contributed by atoms with E-state index in [1.165, 1.54) is 6.07 Å². The first-order valence-corrected chi connectivity index (χ1v) is 6.14. The summed E-state index contributed by atoms with van der Waals surface area (Å²) in [6, 6.07) is 2.55. The largest absolute Gasteiger partial charge is 0.416 e. The molecule has 0 bridgehead atoms. The van der Waals surface area contributed by atoms with E-state index >= 15 is 0 Å². The number of nitrogens with zero attached hydrogens (tertiary/aromatic N) is 1. The molecule has 2 atom stereocenters. The van der Waals surface area contributed by atoms with Gasteiger partial charge in [0, 0.05) is 19.1 Å². The molecule has 2 rings (SSSR count). The van der Waals surface area contributed by atoms with Crippen molar-refractivity contribution in [2.75, 3.05) is 18.0 Å². The van der Waals surface area contributed by atoms with Crippen LogP contribution in [0, 0.1) is 11.7 Å². The van der Waals surface area contributed by atoms with E-state index in [4.69, 9.17) is 5.73 Å². The molecule has 19 heavy (non-hydrogen) atoms. The lowest BCUT2D eigenvalue weighted by Gasteiger charge is -2.36. The number of halogens is 4. The van der Waals surface area contributed by atoms with Gasteiger partial charge in [-0.2, -0.15) is 13.2 Å². The fourth-order valence-electron chi connectivity index (χ4n) is 2.54. The minimum Gasteiger partial charge on any atom is -0.367 e. The maximum Gasteiger partial charge on any atom is 0.416 e. The van der Waals surface area contributed by atoms with Gasteiger partial charge < -0.3 is 10.6 Å². The van der Waals surface area contributed by atoms with E-state index in [1.807, 2.05) is 6.92 Å². The summed E-state index contributed by atoms with van der Waals surface area (Å²) in [5.74, 6) is -0.554. The third-order valence-corrected chi connectivity index (χ3v) is 3.31. The van der Waals surface area contributed by atoms with E-state index in [2.05, 4.69) is 0 Å². The Morgan fingerprint density at radius 1 is 1.26 bits per heavy atom. The van der Waals surface area contributed by atoms with Crippen LogP contribution in [0.2, 0.25) is 0 Å². The summed E-state index contributed by atoms with van der Waals surface area (Å²) in [5, 5.41) is 0. The maximum absolute atomic E-state index is 13.8. The smallest absolute Gasteiger partial charge is 0.367 e. The Bertz CT molecular complexity index is 448. The van der Waals surface area contributed by atoms with Crippen LogP contribution in [-0.4, -0.2) is 19.1 Å². The van der Waals surface area contributed by atoms with Gasteiger partial charge in [0.1, 0.15) is 5.82 Å². The molecule has 0 aliphatic carbocycles. The van der Waals surface area contributed by atoms with Gasteiger partial charge in [0.05, 0.1) is 11.3 Å². The fourth-order valence-corrected chi connectivity index (χ4v) is 2.54. The van der Waals surface area contributed by atoms with Crippen molar-refractivity contribution < 1.29 is 17.6 Å². The number of rotatable bonds is 1. The van der Waals surface area contributed by atoms with Crippen LogP contribution < -0.4 is 10.6 Å². The molecule has 1 saturated heterocycles. The second-order valence-corrected chi connectivity index (χ2v) is 5.17. The summed E-state index contributed by atoms with van der Waals surface area (Å²) < 4.78 is 51.2. The van der Waals surface area contributed by atoms with Crippen LogP contribution in [0.15, 0.2) is 18.2 Å². The lowest BCUT2D eigenvalue weighted by molar-refractivity contribution is -0.137. The Morgan fingerprint density at radius 2 is 1.95 bits per heavy atom. The Balaban J connectivity index is 2.26. The third kappa shape index (κ3) is 3.18. The topological polar surface area (TPSA) is 29.3 Å². The molecule has 6 heteroatoms. The van der Waals surface area contributed by atoms with Crippen LogP contribution in [0.4, 0.5) is 23.2 Å². The van der Waals surface area contributed by atoms with Crippen LogP contribution in [0.3, 0.4) is 0 Å². The predicted octanol–water partition coefficient (Wildman–Crippen LogP) is 3.02. The zero-order valence-corrected chi connectivity index (χ0v) is 10.5. The standard InChI is InChI=1S/C13H16F4N2/c1-8-4-10(18)7-19(6-8)12-3-2-9(5-11(12)14)13(15,16)17/h2-3,5,8,10H,4,6-7,18H2,1H3. The summed E-state index contributed by atoms with van der Waals surface area (Å²) in [6.07, 6.45) is -3.68. The molecule has 2 nitrogen and oxygen atoms in total. The molecular formula is C13H16F4N2. The lowest BCUT2D eigenvalue weighted by Crippen LogP contribution is -2.46. The van der Waals surface area contributed by atoms with E-state index in [9.17, 15) is 17.6 Å². The first-order chi connectivity index (χ1) is 8.77. The number of anilines is 1. The van der Waals surface area contributed by atoms with Crippen molar-refractivity contribution >= 4 is 5.69 Å². The first kappa shape index (κ1) is 14.1. The van der Waals surface area contributed by atoms with Gasteiger partial charge in [-0.3, -0.25) is 0 Å². The number of piperidine rings is 1. The molecular weight excluding hydrogens is 260 g/mol. The lowest BCUT2D eigenvalue weighted by atomic mass is 9.96. The molecule has 0 saturated carbocycles. The number of benzene rings is 1. The number of alkyl halides is 3. The van der Waals surface area contributed by atoms with Crippen molar-refractivity contribution in [2.45, 2.75) is 25.6 Å². The van der Waals surface area contributed by atoms with E-state index < -0.39 is 17.6 Å². The van der Waals surface area contributed by atoms with E-state index in [1.54, 1.807) is 4.90 Å². The van der Waals surface area contributed by atoms with E-state index in [0.717, 1.165) is 12.5 Å². The Labute approximate surface area is 109 Å². The monoisotopic (exact) mass is 276 g/mol. The fraction of sp³-hybridized carbons (Fsp3) is 0.538. The minimum atomic E-state index is -4.52. The van der Waals surface area contributed by atoms with Gasteiger partial charge in [0.25, 0.3) is 0 Å². The average Bonchev–Trinajstić information content (AvgIpc) is 2.26. The van der Waals surface area contributed by atoms with Gasteiger partial charge in [-0.05, 0) is 30.5 Å². The number of hydrogen-bond acceptors (Lipinski definition) is 2. The molecule has 1 heterocycles. The van der Waals surface area contributed by atoms with Gasteiger partial charge in [-0.15, -0.1) is 0 Å². The van der Waals surface area contributed by atoms with Crippen molar-refractivity contribution in [1.82, 2.24) is 0 Å². The summed E-state index contributed by atoms with van der Waals surface area (Å²) in [6.45, 7) is 3.07. The van der Waals surface area contributed by atoms with Crippen molar-refractivity contribution in [1.29, 1.82) is 0 Å². The van der Waals surface area contributed by atoms with Crippen LogP contribution in [0.25, 0.3) is 0 Å². The second-order valence-electron chi connectivity index (χ2n) is 5.17. The summed E-state index contributed by atoms with van der Waals surface area (Å²) in [5.41, 5.74) is 5.08. The van der Waals surface area contributed by atoms with Crippen LogP contribution in [0.1, 0.15) is 18.9 Å². The Kier molecular flexibility index (Phi) is 3.71. The highest BCUT2D eigenvalue weighted by atomic mass is 19.4. The molecule has 1 aliphatic heterocycles. The van der Waals surface area contributed by atoms with Gasteiger partial charge in [0.15, 0.2) is 0 Å².